The molecule has 0 aromatic heterocycles. The number of hydrogen-bond acceptors (Lipinski definition) is 8. The fourth-order valence-electron chi connectivity index (χ4n) is 8.85. The largest absolute Gasteiger partial charge is 0.465 e. The Bertz CT molecular complexity index is 960. The number of esters is 2. The van der Waals surface area contributed by atoms with E-state index < -0.39 is 0 Å². The number of hydrogen-bond donors (Lipinski definition) is 1. The van der Waals surface area contributed by atoms with Crippen LogP contribution in [0.4, 0.5) is 0 Å². The summed E-state index contributed by atoms with van der Waals surface area (Å²) in [5.41, 5.74) is 0.294. The number of ether oxygens (including phenoxy) is 2. The lowest BCUT2D eigenvalue weighted by molar-refractivity contribution is -0.149. The molecule has 0 spiro atoms. The molecule has 0 radical (unpaired) electrons. The molecule has 7 nitrogen and oxygen atoms in total. The first-order valence-electron chi connectivity index (χ1n) is 19.9. The van der Waals surface area contributed by atoms with Crippen molar-refractivity contribution in [2.24, 2.45) is 23.2 Å². The van der Waals surface area contributed by atoms with Crippen LogP contribution in [0.2, 0.25) is 0 Å². The van der Waals surface area contributed by atoms with Crippen molar-refractivity contribution in [1.29, 1.82) is 0 Å². The number of thioether (sulfide) groups is 1. The molecule has 5 rings (SSSR count). The van der Waals surface area contributed by atoms with Crippen molar-refractivity contribution in [2.75, 3.05) is 57.6 Å². The summed E-state index contributed by atoms with van der Waals surface area (Å²) in [5, 5.41) is 3.24. The molecule has 48 heavy (non-hydrogen) atoms. The molecule has 8 heteroatoms. The van der Waals surface area contributed by atoms with Crippen molar-refractivity contribution in [2.45, 2.75) is 135 Å². The van der Waals surface area contributed by atoms with E-state index in [4.69, 9.17) is 9.47 Å². The average Bonchev–Trinajstić information content (AvgIpc) is 3.52. The van der Waals surface area contributed by atoms with E-state index in [9.17, 15) is 9.59 Å². The molecule has 5 aliphatic rings. The molecule has 1 heterocycles. The summed E-state index contributed by atoms with van der Waals surface area (Å²) >= 11 is 1.83. The Morgan fingerprint density at radius 2 is 1.62 bits per heavy atom. The van der Waals surface area contributed by atoms with E-state index in [1.54, 1.807) is 0 Å². The molecule has 4 fully saturated rings. The molecule has 0 saturated heterocycles. The van der Waals surface area contributed by atoms with Crippen molar-refractivity contribution >= 4 is 23.7 Å². The maximum atomic E-state index is 12.6. The van der Waals surface area contributed by atoms with Crippen LogP contribution in [0.5, 0.6) is 0 Å². The number of fused-ring (bicyclic) bond motifs is 1. The smallest absolute Gasteiger partial charge is 0.307 e. The number of carbonyl (C=O) groups is 2. The van der Waals surface area contributed by atoms with Crippen molar-refractivity contribution < 1.29 is 19.1 Å². The number of rotatable bonds is 27. The second kappa shape index (κ2) is 22.9. The average molecular weight is 688 g/mol. The first kappa shape index (κ1) is 39.1. The van der Waals surface area contributed by atoms with Crippen LogP contribution in [0.3, 0.4) is 0 Å². The van der Waals surface area contributed by atoms with Gasteiger partial charge >= 0.3 is 11.9 Å². The minimum atomic E-state index is -0.0793. The second-order valence-corrected chi connectivity index (χ2v) is 16.6. The summed E-state index contributed by atoms with van der Waals surface area (Å²) < 4.78 is 11.5. The molecule has 2 unspecified atom stereocenters. The van der Waals surface area contributed by atoms with Crippen LogP contribution in [-0.2, 0) is 19.1 Å². The normalized spacial score (nSPS) is 24.5. The molecule has 0 aromatic carbocycles. The van der Waals surface area contributed by atoms with Crippen molar-refractivity contribution in [3.63, 3.8) is 0 Å². The minimum absolute atomic E-state index is 0.0211. The van der Waals surface area contributed by atoms with E-state index in [1.165, 1.54) is 77.0 Å². The molecule has 4 aliphatic carbocycles. The predicted molar refractivity (Wildman–Crippen MR) is 200 cm³/mol. The third kappa shape index (κ3) is 15.5. The molecule has 0 aromatic rings. The highest BCUT2D eigenvalue weighted by molar-refractivity contribution is 7.99. The second-order valence-electron chi connectivity index (χ2n) is 15.5. The van der Waals surface area contributed by atoms with Gasteiger partial charge in [0.1, 0.15) is 6.61 Å². The minimum Gasteiger partial charge on any atom is -0.465 e. The molecule has 0 amide bonds. The van der Waals surface area contributed by atoms with Crippen LogP contribution in [-0.4, -0.2) is 79.3 Å². The maximum Gasteiger partial charge on any atom is 0.307 e. The van der Waals surface area contributed by atoms with Crippen LogP contribution in [0.25, 0.3) is 0 Å². The van der Waals surface area contributed by atoms with Crippen LogP contribution in [0, 0.1) is 23.2 Å². The Balaban J connectivity index is 1.02. The zero-order chi connectivity index (χ0) is 33.7. The molecule has 1 aliphatic heterocycles. The van der Waals surface area contributed by atoms with E-state index in [0.29, 0.717) is 31.5 Å². The quantitative estimate of drug-likeness (QED) is 0.0523. The van der Waals surface area contributed by atoms with Crippen LogP contribution in [0.1, 0.15) is 135 Å². The third-order valence-electron chi connectivity index (χ3n) is 11.3. The molecule has 274 valence electrons. The third-order valence-corrected chi connectivity index (χ3v) is 12.1. The van der Waals surface area contributed by atoms with E-state index in [2.05, 4.69) is 40.4 Å². The topological polar surface area (TPSA) is 71.1 Å². The van der Waals surface area contributed by atoms with E-state index in [1.807, 2.05) is 18.0 Å². The van der Waals surface area contributed by atoms with Gasteiger partial charge in [0, 0.05) is 48.8 Å². The lowest BCUT2D eigenvalue weighted by Gasteiger charge is -2.44. The highest BCUT2D eigenvalue weighted by Gasteiger charge is 2.48. The van der Waals surface area contributed by atoms with Gasteiger partial charge < -0.3 is 24.6 Å². The van der Waals surface area contributed by atoms with Gasteiger partial charge in [-0.05, 0) is 108 Å². The number of unbranched alkanes of at least 4 members (excludes halogenated alkanes) is 8. The van der Waals surface area contributed by atoms with Crippen molar-refractivity contribution in [3.05, 3.63) is 24.6 Å². The van der Waals surface area contributed by atoms with Gasteiger partial charge in [0.25, 0.3) is 0 Å². The Hall–Kier alpha value is -1.67. The van der Waals surface area contributed by atoms with Crippen LogP contribution >= 0.6 is 11.8 Å². The first-order valence-corrected chi connectivity index (χ1v) is 21.1. The summed E-state index contributed by atoms with van der Waals surface area (Å²) in [5.74, 6) is 4.52. The first-order chi connectivity index (χ1) is 23.5. The molecule has 1 N–H and O–H groups in total. The van der Waals surface area contributed by atoms with Gasteiger partial charge in [0.15, 0.2) is 0 Å². The number of nitrogens with zero attached hydrogens (tertiary/aromatic N) is 2. The standard InChI is InChI=1S/C40H69N3O4S/c1-2-3-4-5-6-10-13-26-48-27-25-46-39(45)17-23-42(21-14-22-43-24-19-41-34-43)20-12-9-7-8-11-15-38(44)47-33-40-18-16-35-28-36(31-40)30-37(29-35)32-40/h10,13,19,24,35-37,41H,2-9,11-12,14-18,20-23,25-34H2,1H3/b13-10-. The molecule has 4 bridgehead atoms. The Kier molecular flexibility index (Phi) is 18.7. The van der Waals surface area contributed by atoms with Gasteiger partial charge in [-0.1, -0.05) is 57.6 Å². The Morgan fingerprint density at radius 1 is 0.875 bits per heavy atom. The van der Waals surface area contributed by atoms with E-state index in [-0.39, 0.29) is 11.9 Å². The SMILES string of the molecule is CCCCCC/C=C\CSCCOC(=O)CCN(CCCCCCCC(=O)OCC12CCC3CC(CC(C3)C1)C2)CCCN1C=CNC1. The van der Waals surface area contributed by atoms with Gasteiger partial charge in [0.05, 0.1) is 19.7 Å². The zero-order valence-electron chi connectivity index (χ0n) is 30.5. The molecule has 4 saturated carbocycles. The predicted octanol–water partition coefficient (Wildman–Crippen LogP) is 8.70. The number of allylic oxidation sites excluding steroid dienone is 1. The van der Waals surface area contributed by atoms with Crippen LogP contribution in [0.15, 0.2) is 24.6 Å². The van der Waals surface area contributed by atoms with E-state index in [0.717, 1.165) is 101 Å². The number of carbonyl (C=O) groups excluding carboxylic acids is 2. The molecular formula is C40H69N3O4S. The van der Waals surface area contributed by atoms with E-state index >= 15 is 0 Å². The number of nitrogens with one attached hydrogen (secondary N) is 1. The van der Waals surface area contributed by atoms with Crippen molar-refractivity contribution in [3.8, 4) is 0 Å². The van der Waals surface area contributed by atoms with Gasteiger partial charge in [-0.2, -0.15) is 11.8 Å². The summed E-state index contributed by atoms with van der Waals surface area (Å²) in [6.07, 6.45) is 32.1. The Morgan fingerprint density at radius 3 is 2.44 bits per heavy atom. The van der Waals surface area contributed by atoms with Gasteiger partial charge in [-0.25, -0.2) is 0 Å². The van der Waals surface area contributed by atoms with Gasteiger partial charge in [0.2, 0.25) is 0 Å². The molecule has 2 atom stereocenters. The molecular weight excluding hydrogens is 619 g/mol. The summed E-state index contributed by atoms with van der Waals surface area (Å²) in [6.45, 7) is 8.09. The lowest BCUT2D eigenvalue weighted by atomic mass is 9.62. The highest BCUT2D eigenvalue weighted by atomic mass is 32.2. The fraction of sp³-hybridized carbons (Fsp3) is 0.850. The summed E-state index contributed by atoms with van der Waals surface area (Å²) in [7, 11) is 0. The van der Waals surface area contributed by atoms with Gasteiger partial charge in [-0.3, -0.25) is 9.59 Å². The highest BCUT2D eigenvalue weighted by Crippen LogP contribution is 2.57. The zero-order valence-corrected chi connectivity index (χ0v) is 31.3. The lowest BCUT2D eigenvalue weighted by Crippen LogP contribution is -2.37. The van der Waals surface area contributed by atoms with Gasteiger partial charge in [-0.15, -0.1) is 0 Å². The summed E-state index contributed by atoms with van der Waals surface area (Å²) in [6, 6.07) is 0. The fourth-order valence-corrected chi connectivity index (χ4v) is 9.49. The summed E-state index contributed by atoms with van der Waals surface area (Å²) in [4.78, 5) is 29.8. The monoisotopic (exact) mass is 688 g/mol. The van der Waals surface area contributed by atoms with Crippen molar-refractivity contribution in [1.82, 2.24) is 15.1 Å². The maximum absolute atomic E-state index is 12.6. The Labute approximate surface area is 297 Å². The van der Waals surface area contributed by atoms with Crippen LogP contribution < -0.4 is 5.32 Å².